The summed E-state index contributed by atoms with van der Waals surface area (Å²) in [6.07, 6.45) is 2.81. The maximum Gasteiger partial charge on any atom is 0.250 e. The third-order valence-corrected chi connectivity index (χ3v) is 4.39. The third kappa shape index (κ3) is 4.36. The molecule has 1 fully saturated rings. The summed E-state index contributed by atoms with van der Waals surface area (Å²) in [5.41, 5.74) is 5.87. The zero-order valence-electron chi connectivity index (χ0n) is 12.6. The van der Waals surface area contributed by atoms with Crippen LogP contribution in [-0.2, 0) is 6.54 Å². The Morgan fingerprint density at radius 2 is 2.00 bits per heavy atom. The minimum Gasteiger partial charge on any atom is -0.392 e. The van der Waals surface area contributed by atoms with Crippen molar-refractivity contribution in [3.63, 3.8) is 0 Å². The van der Waals surface area contributed by atoms with Gasteiger partial charge in [0.1, 0.15) is 0 Å². The fourth-order valence-electron chi connectivity index (χ4n) is 2.83. The van der Waals surface area contributed by atoms with Crippen molar-refractivity contribution in [2.24, 2.45) is 5.73 Å². The molecule has 21 heavy (non-hydrogen) atoms. The van der Waals surface area contributed by atoms with Gasteiger partial charge in [-0.2, -0.15) is 0 Å². The number of nitrogens with two attached hydrogens (primary N) is 1. The lowest BCUT2D eigenvalue weighted by Crippen LogP contribution is -2.54. The fraction of sp³-hybridized carbons (Fsp3) is 0.600. The molecule has 116 valence electrons. The summed E-state index contributed by atoms with van der Waals surface area (Å²) in [4.78, 5) is 17.0. The molecule has 1 aliphatic heterocycles. The lowest BCUT2D eigenvalue weighted by Gasteiger charge is -2.38. The van der Waals surface area contributed by atoms with Crippen molar-refractivity contribution in [2.75, 3.05) is 32.7 Å². The first-order valence-corrected chi connectivity index (χ1v) is 7.94. The molecule has 2 heterocycles. The average molecular weight is 308 g/mol. The van der Waals surface area contributed by atoms with E-state index in [1.54, 1.807) is 16.7 Å². The molecule has 2 rings (SSSR count). The summed E-state index contributed by atoms with van der Waals surface area (Å²) in [5, 5.41) is 0. The molecule has 0 amide bonds. The molecule has 0 radical (unpaired) electrons. The fourth-order valence-corrected chi connectivity index (χ4v) is 3.15. The molecule has 0 saturated carbocycles. The lowest BCUT2D eigenvalue weighted by molar-refractivity contribution is 0.113. The molecular weight excluding hydrogens is 284 g/mol. The minimum atomic E-state index is 0.0654. The van der Waals surface area contributed by atoms with Crippen LogP contribution in [0, 0.1) is 0 Å². The van der Waals surface area contributed by atoms with Crippen LogP contribution in [0.2, 0.25) is 0 Å². The highest BCUT2D eigenvalue weighted by Crippen LogP contribution is 2.09. The van der Waals surface area contributed by atoms with Gasteiger partial charge in [-0.3, -0.25) is 14.6 Å². The normalized spacial score (nSPS) is 18.5. The summed E-state index contributed by atoms with van der Waals surface area (Å²) in [5.74, 6) is 0. The predicted molar refractivity (Wildman–Crippen MR) is 89.6 cm³/mol. The smallest absolute Gasteiger partial charge is 0.250 e. The van der Waals surface area contributed by atoms with Gasteiger partial charge in [0, 0.05) is 51.5 Å². The zero-order valence-corrected chi connectivity index (χ0v) is 13.4. The first kappa shape index (κ1) is 16.1. The molecule has 2 N–H and O–H groups in total. The van der Waals surface area contributed by atoms with E-state index in [2.05, 4.69) is 16.7 Å². The Morgan fingerprint density at radius 1 is 1.29 bits per heavy atom. The first-order valence-electron chi connectivity index (χ1n) is 7.53. The number of nitrogens with zero attached hydrogens (tertiary/aromatic N) is 3. The van der Waals surface area contributed by atoms with E-state index in [1.165, 1.54) is 0 Å². The van der Waals surface area contributed by atoms with Gasteiger partial charge in [0.05, 0.1) is 11.0 Å². The molecule has 1 aromatic heterocycles. The maximum absolute atomic E-state index is 11.7. The van der Waals surface area contributed by atoms with Crippen LogP contribution in [0.25, 0.3) is 0 Å². The monoisotopic (exact) mass is 308 g/mol. The summed E-state index contributed by atoms with van der Waals surface area (Å²) in [7, 11) is 0. The molecule has 0 aromatic carbocycles. The Labute approximate surface area is 131 Å². The van der Waals surface area contributed by atoms with Crippen molar-refractivity contribution in [3.05, 3.63) is 34.7 Å². The van der Waals surface area contributed by atoms with Gasteiger partial charge in [0.25, 0.3) is 5.56 Å². The van der Waals surface area contributed by atoms with Crippen LogP contribution in [0.1, 0.15) is 13.3 Å². The Morgan fingerprint density at radius 3 is 2.57 bits per heavy atom. The molecule has 0 spiro atoms. The van der Waals surface area contributed by atoms with Crippen molar-refractivity contribution in [2.45, 2.75) is 25.9 Å². The van der Waals surface area contributed by atoms with Crippen LogP contribution < -0.4 is 11.3 Å². The highest BCUT2D eigenvalue weighted by Gasteiger charge is 2.24. The molecule has 1 saturated heterocycles. The minimum absolute atomic E-state index is 0.0654. The maximum atomic E-state index is 11.7. The van der Waals surface area contributed by atoms with Gasteiger partial charge in [0.15, 0.2) is 0 Å². The Balaban J connectivity index is 1.81. The van der Waals surface area contributed by atoms with Crippen molar-refractivity contribution in [1.82, 2.24) is 14.4 Å². The summed E-state index contributed by atoms with van der Waals surface area (Å²) >= 11 is 5.14. The first-order chi connectivity index (χ1) is 10.1. The quantitative estimate of drug-likeness (QED) is 0.777. The van der Waals surface area contributed by atoms with Crippen LogP contribution in [0.3, 0.4) is 0 Å². The highest BCUT2D eigenvalue weighted by atomic mass is 32.1. The number of pyridine rings is 1. The standard InChI is InChI=1S/C15H24N4OS/c1-2-13(15(16)21)18-10-7-17(8-11-18)9-12-19-6-4-3-5-14(19)20/h3-6,13H,2,7-12H2,1H3,(H2,16,21). The lowest BCUT2D eigenvalue weighted by atomic mass is 10.1. The molecule has 1 atom stereocenters. The van der Waals surface area contributed by atoms with Gasteiger partial charge < -0.3 is 10.3 Å². The average Bonchev–Trinajstić information content (AvgIpc) is 2.48. The summed E-state index contributed by atoms with van der Waals surface area (Å²) in [6, 6.07) is 5.50. The molecule has 1 aliphatic rings. The van der Waals surface area contributed by atoms with Gasteiger partial charge in [0.2, 0.25) is 0 Å². The van der Waals surface area contributed by atoms with Gasteiger partial charge in [-0.1, -0.05) is 25.2 Å². The second kappa shape index (κ2) is 7.68. The summed E-state index contributed by atoms with van der Waals surface area (Å²) in [6.45, 7) is 7.74. The second-order valence-corrected chi connectivity index (χ2v) is 5.91. The third-order valence-electron chi connectivity index (χ3n) is 4.12. The van der Waals surface area contributed by atoms with E-state index >= 15 is 0 Å². The van der Waals surface area contributed by atoms with Gasteiger partial charge in [-0.05, 0) is 12.5 Å². The molecular formula is C15H24N4OS. The van der Waals surface area contributed by atoms with E-state index in [1.807, 2.05) is 12.3 Å². The van der Waals surface area contributed by atoms with Crippen LogP contribution in [0.4, 0.5) is 0 Å². The van der Waals surface area contributed by atoms with Crippen molar-refractivity contribution in [1.29, 1.82) is 0 Å². The second-order valence-electron chi connectivity index (χ2n) is 5.44. The Hall–Kier alpha value is -1.24. The van der Waals surface area contributed by atoms with E-state index in [9.17, 15) is 4.79 Å². The van der Waals surface area contributed by atoms with Crippen LogP contribution in [0.15, 0.2) is 29.2 Å². The molecule has 6 heteroatoms. The van der Waals surface area contributed by atoms with Gasteiger partial charge in [-0.15, -0.1) is 0 Å². The van der Waals surface area contributed by atoms with E-state index in [-0.39, 0.29) is 11.6 Å². The molecule has 0 aliphatic carbocycles. The van der Waals surface area contributed by atoms with E-state index in [4.69, 9.17) is 18.0 Å². The van der Waals surface area contributed by atoms with Gasteiger partial charge >= 0.3 is 0 Å². The number of aromatic nitrogens is 1. The number of piperazine rings is 1. The van der Waals surface area contributed by atoms with E-state index < -0.39 is 0 Å². The van der Waals surface area contributed by atoms with Crippen molar-refractivity contribution in [3.8, 4) is 0 Å². The van der Waals surface area contributed by atoms with Crippen LogP contribution in [-0.4, -0.2) is 58.1 Å². The van der Waals surface area contributed by atoms with Crippen molar-refractivity contribution >= 4 is 17.2 Å². The SMILES string of the molecule is CCC(C(N)=S)N1CCN(CCn2ccccc2=O)CC1. The molecule has 1 unspecified atom stereocenters. The Kier molecular flexibility index (Phi) is 5.90. The summed E-state index contributed by atoms with van der Waals surface area (Å²) < 4.78 is 1.76. The van der Waals surface area contributed by atoms with E-state index in [0.717, 1.165) is 45.7 Å². The topological polar surface area (TPSA) is 54.5 Å². The number of hydrogen-bond acceptors (Lipinski definition) is 4. The predicted octanol–water partition coefficient (Wildman–Crippen LogP) is 0.531. The zero-order chi connectivity index (χ0) is 15.2. The van der Waals surface area contributed by atoms with E-state index in [0.29, 0.717) is 4.99 Å². The van der Waals surface area contributed by atoms with Gasteiger partial charge in [-0.25, -0.2) is 0 Å². The number of rotatable bonds is 6. The van der Waals surface area contributed by atoms with Crippen molar-refractivity contribution < 1.29 is 0 Å². The molecule has 1 aromatic rings. The van der Waals surface area contributed by atoms with Crippen LogP contribution in [0.5, 0.6) is 0 Å². The Bertz CT molecular complexity index is 522. The largest absolute Gasteiger partial charge is 0.392 e. The highest BCUT2D eigenvalue weighted by molar-refractivity contribution is 7.80. The molecule has 5 nitrogen and oxygen atoms in total. The number of hydrogen-bond donors (Lipinski definition) is 1. The number of thiocarbonyl (C=S) groups is 1. The van der Waals surface area contributed by atoms with Crippen LogP contribution >= 0.6 is 12.2 Å². The molecule has 0 bridgehead atoms.